The van der Waals surface area contributed by atoms with Gasteiger partial charge in [-0.25, -0.2) is 9.68 Å². The van der Waals surface area contributed by atoms with E-state index in [1.165, 1.54) is 4.88 Å². The van der Waals surface area contributed by atoms with Crippen molar-refractivity contribution in [1.82, 2.24) is 5.32 Å². The number of carboxylic acids is 1. The van der Waals surface area contributed by atoms with E-state index >= 15 is 0 Å². The molecule has 0 bridgehead atoms. The molecule has 3 N–H and O–H groups in total. The number of hydrogen-bond acceptors (Lipinski definition) is 8. The zero-order valence-electron chi connectivity index (χ0n) is 14.2. The molecule has 3 rings (SSSR count). The molecule has 1 unspecified atom stereocenters. The fourth-order valence-corrected chi connectivity index (χ4v) is 3.00. The summed E-state index contributed by atoms with van der Waals surface area (Å²) in [5, 5.41) is 20.2. The Hall–Kier alpha value is -2.33. The van der Waals surface area contributed by atoms with Crippen molar-refractivity contribution >= 4 is 17.3 Å². The molecule has 1 aliphatic rings. The highest BCUT2D eigenvalue weighted by Crippen LogP contribution is 2.42. The highest BCUT2D eigenvalue weighted by molar-refractivity contribution is 7.10. The molecule has 0 amide bonds. The van der Waals surface area contributed by atoms with Crippen molar-refractivity contribution in [1.29, 1.82) is 0 Å². The molecule has 0 aliphatic carbocycles. The summed E-state index contributed by atoms with van der Waals surface area (Å²) in [4.78, 5) is 13.7. The van der Waals surface area contributed by atoms with E-state index in [0.717, 1.165) is 24.5 Å². The second-order valence-corrected chi connectivity index (χ2v) is 6.15. The number of benzene rings is 1. The molecule has 0 saturated carbocycles. The van der Waals surface area contributed by atoms with Crippen LogP contribution in [0.5, 0.6) is 17.2 Å². The average Bonchev–Trinajstić information content (AvgIpc) is 3.30. The summed E-state index contributed by atoms with van der Waals surface area (Å²) in [5.74, 6) is 1.02. The van der Waals surface area contributed by atoms with Gasteiger partial charge >= 0.3 is 5.97 Å². The van der Waals surface area contributed by atoms with Crippen molar-refractivity contribution in [2.45, 2.75) is 12.5 Å². The van der Waals surface area contributed by atoms with Crippen LogP contribution in [0.3, 0.4) is 0 Å². The van der Waals surface area contributed by atoms with E-state index in [-0.39, 0.29) is 12.9 Å². The number of thiophene rings is 1. The molecule has 26 heavy (non-hydrogen) atoms. The van der Waals surface area contributed by atoms with Gasteiger partial charge in [0.1, 0.15) is 6.10 Å². The molecule has 2 heterocycles. The number of carbonyl (C=O) groups is 1. The molecule has 1 aromatic heterocycles. The monoisotopic (exact) mass is 383 g/mol. The topological polar surface area (TPSA) is 106 Å². The minimum atomic E-state index is -1.18. The standard InChI is InChI=1S/C15H17NO3S.C2H4O4/c1-16-8-7-11(14-6-3-9-20-14)19-13-5-2-4-12-15(13)18-10-17-12;3-2(4)1-6-5/h2-6,9,11,16H,7-8,10H2,1H3;5H,1H2,(H,3,4). The van der Waals surface area contributed by atoms with Gasteiger partial charge in [-0.05, 0) is 37.2 Å². The van der Waals surface area contributed by atoms with Crippen LogP contribution in [0.1, 0.15) is 17.4 Å². The number of hydrogen-bond donors (Lipinski definition) is 3. The lowest BCUT2D eigenvalue weighted by Gasteiger charge is -2.18. The van der Waals surface area contributed by atoms with Gasteiger partial charge in [0, 0.05) is 11.3 Å². The zero-order chi connectivity index (χ0) is 18.8. The largest absolute Gasteiger partial charge is 0.481 e. The number of carboxylic acid groups (broad SMARTS) is 1. The maximum absolute atomic E-state index is 9.31. The zero-order valence-corrected chi connectivity index (χ0v) is 15.0. The Bertz CT molecular complexity index is 678. The lowest BCUT2D eigenvalue weighted by atomic mass is 10.2. The van der Waals surface area contributed by atoms with Crippen LogP contribution >= 0.6 is 11.3 Å². The minimum absolute atomic E-state index is 0.0261. The summed E-state index contributed by atoms with van der Waals surface area (Å²) in [6, 6.07) is 9.89. The normalized spacial score (nSPS) is 12.8. The van der Waals surface area contributed by atoms with Crippen LogP contribution in [0.2, 0.25) is 0 Å². The van der Waals surface area contributed by atoms with E-state index in [9.17, 15) is 4.79 Å². The van der Waals surface area contributed by atoms with Crippen molar-refractivity contribution in [3.8, 4) is 17.2 Å². The Kier molecular flexibility index (Phi) is 8.16. The molecular formula is C17H21NO7S. The number of nitrogens with one attached hydrogen (secondary N) is 1. The smallest absolute Gasteiger partial charge is 0.333 e. The molecule has 1 aliphatic heterocycles. The first-order valence-electron chi connectivity index (χ1n) is 7.87. The molecule has 9 heteroatoms. The molecule has 142 valence electrons. The Labute approximate surface area is 154 Å². The van der Waals surface area contributed by atoms with Crippen molar-refractivity contribution in [2.24, 2.45) is 0 Å². The second-order valence-electron chi connectivity index (χ2n) is 5.17. The van der Waals surface area contributed by atoms with Crippen LogP contribution < -0.4 is 19.5 Å². The first kappa shape index (κ1) is 20.0. The molecule has 1 atom stereocenters. The molecule has 0 saturated heterocycles. The fourth-order valence-electron chi connectivity index (χ4n) is 2.21. The fraction of sp³-hybridized carbons (Fsp3) is 0.353. The van der Waals surface area contributed by atoms with Crippen LogP contribution in [0.25, 0.3) is 0 Å². The van der Waals surface area contributed by atoms with E-state index in [1.54, 1.807) is 11.3 Å². The predicted molar refractivity (Wildman–Crippen MR) is 95.0 cm³/mol. The van der Waals surface area contributed by atoms with Crippen LogP contribution in [-0.2, 0) is 9.68 Å². The minimum Gasteiger partial charge on any atom is -0.481 e. The summed E-state index contributed by atoms with van der Waals surface area (Å²) in [6.45, 7) is 0.505. The lowest BCUT2D eigenvalue weighted by Crippen LogP contribution is -2.15. The Morgan fingerprint density at radius 3 is 2.81 bits per heavy atom. The van der Waals surface area contributed by atoms with Gasteiger partial charge in [0.05, 0.1) is 0 Å². The van der Waals surface area contributed by atoms with Gasteiger partial charge in [-0.3, -0.25) is 5.26 Å². The highest BCUT2D eigenvalue weighted by Gasteiger charge is 2.22. The Balaban J connectivity index is 0.000000352. The summed E-state index contributed by atoms with van der Waals surface area (Å²) in [6.07, 6.45) is 0.930. The molecule has 0 radical (unpaired) electrons. The van der Waals surface area contributed by atoms with Gasteiger partial charge in [0.2, 0.25) is 12.5 Å². The number of rotatable bonds is 8. The maximum Gasteiger partial charge on any atom is 0.333 e. The van der Waals surface area contributed by atoms with E-state index in [4.69, 9.17) is 24.6 Å². The van der Waals surface area contributed by atoms with E-state index in [1.807, 2.05) is 31.3 Å². The van der Waals surface area contributed by atoms with Crippen molar-refractivity contribution in [2.75, 3.05) is 27.0 Å². The Morgan fingerprint density at radius 1 is 1.35 bits per heavy atom. The van der Waals surface area contributed by atoms with Gasteiger partial charge in [0.25, 0.3) is 0 Å². The van der Waals surface area contributed by atoms with Crippen LogP contribution in [0.15, 0.2) is 35.7 Å². The van der Waals surface area contributed by atoms with Crippen LogP contribution in [0, 0.1) is 0 Å². The summed E-state index contributed by atoms with van der Waals surface area (Å²) in [7, 11) is 1.95. The highest BCUT2D eigenvalue weighted by atomic mass is 32.1. The third-order valence-corrected chi connectivity index (χ3v) is 4.30. The van der Waals surface area contributed by atoms with Gasteiger partial charge in [-0.1, -0.05) is 12.1 Å². The van der Waals surface area contributed by atoms with Crippen molar-refractivity contribution in [3.05, 3.63) is 40.6 Å². The van der Waals surface area contributed by atoms with E-state index in [2.05, 4.69) is 21.7 Å². The molecular weight excluding hydrogens is 362 g/mol. The second kappa shape index (κ2) is 10.6. The number of ether oxygens (including phenoxy) is 3. The molecule has 0 spiro atoms. The first-order valence-corrected chi connectivity index (χ1v) is 8.75. The predicted octanol–water partition coefficient (Wildman–Crippen LogP) is 2.77. The Morgan fingerprint density at radius 2 is 2.19 bits per heavy atom. The van der Waals surface area contributed by atoms with Crippen molar-refractivity contribution < 1.29 is 34.3 Å². The molecule has 1 aromatic carbocycles. The number of fused-ring (bicyclic) bond motifs is 1. The van der Waals surface area contributed by atoms with Crippen LogP contribution in [-0.4, -0.2) is 43.3 Å². The number of aliphatic carboxylic acids is 1. The summed E-state index contributed by atoms with van der Waals surface area (Å²) < 4.78 is 17.0. The maximum atomic E-state index is 9.31. The van der Waals surface area contributed by atoms with E-state index in [0.29, 0.717) is 5.75 Å². The van der Waals surface area contributed by atoms with Gasteiger partial charge in [0.15, 0.2) is 18.1 Å². The van der Waals surface area contributed by atoms with E-state index < -0.39 is 12.6 Å². The van der Waals surface area contributed by atoms with Crippen molar-refractivity contribution in [3.63, 3.8) is 0 Å². The molecule has 0 fully saturated rings. The first-order chi connectivity index (χ1) is 12.7. The SMILES string of the molecule is CNCCC(Oc1cccc2c1OCO2)c1cccs1.O=C(O)COO. The third-order valence-electron chi connectivity index (χ3n) is 3.33. The molecule has 8 nitrogen and oxygen atoms in total. The van der Waals surface area contributed by atoms with Gasteiger partial charge in [-0.2, -0.15) is 0 Å². The lowest BCUT2D eigenvalue weighted by molar-refractivity contribution is -0.243. The molecule has 2 aromatic rings. The third kappa shape index (κ3) is 5.88. The summed E-state index contributed by atoms with van der Waals surface area (Å²) in [5.41, 5.74) is 0. The number of para-hydroxylation sites is 1. The van der Waals surface area contributed by atoms with Gasteiger partial charge < -0.3 is 24.6 Å². The summed E-state index contributed by atoms with van der Waals surface area (Å²) >= 11 is 1.71. The van der Waals surface area contributed by atoms with Crippen LogP contribution in [0.4, 0.5) is 0 Å². The average molecular weight is 383 g/mol. The van der Waals surface area contributed by atoms with Gasteiger partial charge in [-0.15, -0.1) is 11.3 Å². The quantitative estimate of drug-likeness (QED) is 0.472.